The monoisotopic (exact) mass is 452 g/mol. The molecular formula is C24H25FN4O4. The van der Waals surface area contributed by atoms with Gasteiger partial charge in [-0.2, -0.15) is 5.10 Å². The molecule has 1 saturated heterocycles. The summed E-state index contributed by atoms with van der Waals surface area (Å²) in [5.74, 6) is -2.15. The number of methoxy groups -OCH3 is 2. The topological polar surface area (TPSA) is 76.9 Å². The summed E-state index contributed by atoms with van der Waals surface area (Å²) < 4.78 is 26.5. The fourth-order valence-electron chi connectivity index (χ4n) is 3.90. The Labute approximate surface area is 191 Å². The van der Waals surface area contributed by atoms with Crippen molar-refractivity contribution in [2.45, 2.75) is 0 Å². The summed E-state index contributed by atoms with van der Waals surface area (Å²) in [6.45, 7) is 3.36. The van der Waals surface area contributed by atoms with Gasteiger partial charge in [0.15, 0.2) is 5.69 Å². The van der Waals surface area contributed by atoms with E-state index in [0.717, 1.165) is 31.9 Å². The van der Waals surface area contributed by atoms with Gasteiger partial charge in [-0.3, -0.25) is 0 Å². The van der Waals surface area contributed by atoms with Crippen LogP contribution < -0.4 is 4.90 Å². The van der Waals surface area contributed by atoms with Crippen LogP contribution in [0.25, 0.3) is 16.9 Å². The number of halogens is 1. The van der Waals surface area contributed by atoms with Gasteiger partial charge in [-0.25, -0.2) is 18.7 Å². The molecule has 1 aromatic heterocycles. The third-order valence-corrected chi connectivity index (χ3v) is 5.73. The van der Waals surface area contributed by atoms with E-state index in [4.69, 9.17) is 9.47 Å². The quantitative estimate of drug-likeness (QED) is 0.551. The summed E-state index contributed by atoms with van der Waals surface area (Å²) >= 11 is 0. The van der Waals surface area contributed by atoms with Gasteiger partial charge in [-0.1, -0.05) is 18.2 Å². The lowest BCUT2D eigenvalue weighted by atomic mass is 10.0. The van der Waals surface area contributed by atoms with Crippen LogP contribution in [0, 0.1) is 5.82 Å². The first-order chi connectivity index (χ1) is 15.9. The number of hydrogen-bond acceptors (Lipinski definition) is 7. The predicted molar refractivity (Wildman–Crippen MR) is 121 cm³/mol. The summed E-state index contributed by atoms with van der Waals surface area (Å²) in [6.07, 6.45) is 0. The summed E-state index contributed by atoms with van der Waals surface area (Å²) in [7, 11) is 4.45. The van der Waals surface area contributed by atoms with E-state index in [-0.39, 0.29) is 22.5 Å². The molecule has 0 aliphatic carbocycles. The zero-order chi connectivity index (χ0) is 23.5. The molecule has 3 aromatic rings. The van der Waals surface area contributed by atoms with Gasteiger partial charge in [0.25, 0.3) is 0 Å². The third kappa shape index (κ3) is 4.31. The molecule has 0 unspecified atom stereocenters. The first-order valence-electron chi connectivity index (χ1n) is 10.5. The molecule has 1 aliphatic heterocycles. The van der Waals surface area contributed by atoms with E-state index in [1.165, 1.54) is 25.0 Å². The van der Waals surface area contributed by atoms with E-state index in [1.807, 2.05) is 6.07 Å². The Morgan fingerprint density at radius 3 is 2.18 bits per heavy atom. The molecule has 0 N–H and O–H groups in total. The average Bonchev–Trinajstić information content (AvgIpc) is 3.24. The number of carbonyl (C=O) groups is 2. The number of piperazine rings is 1. The van der Waals surface area contributed by atoms with Crippen molar-refractivity contribution in [1.82, 2.24) is 14.7 Å². The van der Waals surface area contributed by atoms with Crippen LogP contribution in [0.15, 0.2) is 48.5 Å². The average molecular weight is 452 g/mol. The molecule has 2 aromatic carbocycles. The van der Waals surface area contributed by atoms with Crippen molar-refractivity contribution in [1.29, 1.82) is 0 Å². The lowest BCUT2D eigenvalue weighted by molar-refractivity contribution is 0.0549. The van der Waals surface area contributed by atoms with Crippen molar-refractivity contribution >= 4 is 17.6 Å². The molecular weight excluding hydrogens is 427 g/mol. The Morgan fingerprint density at radius 2 is 1.58 bits per heavy atom. The van der Waals surface area contributed by atoms with Crippen LogP contribution in [0.1, 0.15) is 20.8 Å². The molecule has 4 rings (SSSR count). The maximum absolute atomic E-state index is 15.4. The lowest BCUT2D eigenvalue weighted by Gasteiger charge is -2.34. The number of ether oxygens (including phenoxy) is 2. The van der Waals surface area contributed by atoms with Gasteiger partial charge in [0, 0.05) is 37.4 Å². The number of esters is 2. The molecule has 2 heterocycles. The van der Waals surface area contributed by atoms with Gasteiger partial charge in [-0.15, -0.1) is 0 Å². The van der Waals surface area contributed by atoms with Gasteiger partial charge in [0.2, 0.25) is 0 Å². The Bertz CT molecular complexity index is 1170. The molecule has 0 saturated carbocycles. The van der Waals surface area contributed by atoms with Crippen LogP contribution in [0.5, 0.6) is 0 Å². The second-order valence-electron chi connectivity index (χ2n) is 7.76. The Balaban J connectivity index is 1.86. The number of anilines is 1. The summed E-state index contributed by atoms with van der Waals surface area (Å²) in [6, 6.07) is 13.6. The highest BCUT2D eigenvalue weighted by Crippen LogP contribution is 2.32. The van der Waals surface area contributed by atoms with E-state index in [9.17, 15) is 9.59 Å². The van der Waals surface area contributed by atoms with Crippen molar-refractivity contribution in [2.24, 2.45) is 0 Å². The van der Waals surface area contributed by atoms with Crippen LogP contribution in [-0.4, -0.2) is 74.1 Å². The standard InChI is InChI=1S/C24H25FN4O4/c1-27-11-13-28(14-12-27)17-9-10-18(19(25)15-17)21-20(23(30)32-2)22(24(31)33-3)29(26-21)16-7-5-4-6-8-16/h4-10,15H,11-14H2,1-3H3. The molecule has 0 bridgehead atoms. The van der Waals surface area contributed by atoms with Gasteiger partial charge in [-0.05, 0) is 37.4 Å². The number of rotatable bonds is 5. The molecule has 1 aliphatic rings. The fourth-order valence-corrected chi connectivity index (χ4v) is 3.90. The second-order valence-corrected chi connectivity index (χ2v) is 7.76. The summed E-state index contributed by atoms with van der Waals surface area (Å²) in [5.41, 5.74) is 1.08. The van der Waals surface area contributed by atoms with Crippen LogP contribution in [0.2, 0.25) is 0 Å². The number of benzene rings is 2. The SMILES string of the molecule is COC(=O)c1c(-c2ccc(N3CCN(C)CC3)cc2F)nn(-c2ccccc2)c1C(=O)OC. The molecule has 9 heteroatoms. The summed E-state index contributed by atoms with van der Waals surface area (Å²) in [5, 5.41) is 4.46. The third-order valence-electron chi connectivity index (χ3n) is 5.73. The molecule has 8 nitrogen and oxygen atoms in total. The van der Waals surface area contributed by atoms with E-state index in [2.05, 4.69) is 21.9 Å². The largest absolute Gasteiger partial charge is 0.465 e. The zero-order valence-corrected chi connectivity index (χ0v) is 18.7. The van der Waals surface area contributed by atoms with E-state index >= 15 is 4.39 Å². The smallest absolute Gasteiger partial charge is 0.357 e. The maximum Gasteiger partial charge on any atom is 0.357 e. The van der Waals surface area contributed by atoms with E-state index in [0.29, 0.717) is 5.69 Å². The van der Waals surface area contributed by atoms with Crippen LogP contribution >= 0.6 is 0 Å². The van der Waals surface area contributed by atoms with Gasteiger partial charge in [0.05, 0.1) is 19.9 Å². The van der Waals surface area contributed by atoms with Gasteiger partial charge in [0.1, 0.15) is 17.1 Å². The van der Waals surface area contributed by atoms with E-state index < -0.39 is 17.8 Å². The minimum Gasteiger partial charge on any atom is -0.465 e. The van der Waals surface area contributed by atoms with Crippen molar-refractivity contribution in [3.8, 4) is 16.9 Å². The number of carbonyl (C=O) groups excluding carboxylic acids is 2. The van der Waals surface area contributed by atoms with Crippen LogP contribution in [0.4, 0.5) is 10.1 Å². The van der Waals surface area contributed by atoms with E-state index in [1.54, 1.807) is 36.4 Å². The highest BCUT2D eigenvalue weighted by molar-refractivity contribution is 6.06. The maximum atomic E-state index is 15.4. The predicted octanol–water partition coefficient (Wildman–Crippen LogP) is 3.00. The normalized spacial score (nSPS) is 14.2. The van der Waals surface area contributed by atoms with Crippen molar-refractivity contribution in [3.63, 3.8) is 0 Å². The van der Waals surface area contributed by atoms with Crippen LogP contribution in [0.3, 0.4) is 0 Å². The first kappa shape index (κ1) is 22.5. The Morgan fingerprint density at radius 1 is 0.909 bits per heavy atom. The lowest BCUT2D eigenvalue weighted by Crippen LogP contribution is -2.44. The number of hydrogen-bond donors (Lipinski definition) is 0. The molecule has 172 valence electrons. The van der Waals surface area contributed by atoms with Crippen molar-refractivity contribution in [2.75, 3.05) is 52.3 Å². The molecule has 0 radical (unpaired) electrons. The molecule has 0 spiro atoms. The second kappa shape index (κ2) is 9.41. The first-order valence-corrected chi connectivity index (χ1v) is 10.5. The zero-order valence-electron chi connectivity index (χ0n) is 18.7. The Hall–Kier alpha value is -3.72. The van der Waals surface area contributed by atoms with Crippen molar-refractivity contribution in [3.05, 3.63) is 65.6 Å². The number of nitrogens with zero attached hydrogens (tertiary/aromatic N) is 4. The minimum absolute atomic E-state index is 0.00790. The summed E-state index contributed by atoms with van der Waals surface area (Å²) in [4.78, 5) is 29.7. The van der Waals surface area contributed by atoms with Crippen molar-refractivity contribution < 1.29 is 23.5 Å². The Kier molecular flexibility index (Phi) is 6.41. The van der Waals surface area contributed by atoms with Gasteiger partial charge < -0.3 is 19.3 Å². The molecule has 0 amide bonds. The highest BCUT2D eigenvalue weighted by Gasteiger charge is 2.32. The molecule has 0 atom stereocenters. The molecule has 33 heavy (non-hydrogen) atoms. The minimum atomic E-state index is -0.810. The number of aromatic nitrogens is 2. The number of para-hydroxylation sites is 1. The number of likely N-dealkylation sites (N-methyl/N-ethyl adjacent to an activating group) is 1. The van der Waals surface area contributed by atoms with Crippen LogP contribution in [-0.2, 0) is 9.47 Å². The highest BCUT2D eigenvalue weighted by atomic mass is 19.1. The fraction of sp³-hybridized carbons (Fsp3) is 0.292. The van der Waals surface area contributed by atoms with Gasteiger partial charge >= 0.3 is 11.9 Å². The molecule has 1 fully saturated rings.